The van der Waals surface area contributed by atoms with Gasteiger partial charge in [0.2, 0.25) is 5.91 Å². The molecule has 3 rings (SSSR count). The molecule has 0 unspecified atom stereocenters. The molecule has 2 saturated heterocycles. The Hall–Kier alpha value is -1.92. The number of ether oxygens (including phenoxy) is 1. The van der Waals surface area contributed by atoms with Gasteiger partial charge < -0.3 is 20.3 Å². The quantitative estimate of drug-likeness (QED) is 0.855. The van der Waals surface area contributed by atoms with E-state index in [9.17, 15) is 9.59 Å². The van der Waals surface area contributed by atoms with Gasteiger partial charge in [0.25, 0.3) is 5.91 Å². The zero-order valence-electron chi connectivity index (χ0n) is 14.8. The van der Waals surface area contributed by atoms with Gasteiger partial charge in [0.15, 0.2) is 0 Å². The maximum Gasteiger partial charge on any atom is 0.253 e. The third-order valence-electron chi connectivity index (χ3n) is 4.94. The molecule has 2 fully saturated rings. The van der Waals surface area contributed by atoms with Gasteiger partial charge in [-0.15, -0.1) is 0 Å². The average Bonchev–Trinajstić information content (AvgIpc) is 3.13. The van der Waals surface area contributed by atoms with E-state index in [4.69, 9.17) is 4.74 Å². The molecule has 6 heteroatoms. The van der Waals surface area contributed by atoms with Gasteiger partial charge in [-0.05, 0) is 51.4 Å². The van der Waals surface area contributed by atoms with Crippen LogP contribution in [0.3, 0.4) is 0 Å². The first-order valence-corrected chi connectivity index (χ1v) is 9.11. The molecule has 1 aromatic rings. The molecule has 2 N–H and O–H groups in total. The lowest BCUT2D eigenvalue weighted by molar-refractivity contribution is -0.121. The second-order valence-corrected chi connectivity index (χ2v) is 6.98. The van der Waals surface area contributed by atoms with Crippen molar-refractivity contribution in [2.45, 2.75) is 31.8 Å². The van der Waals surface area contributed by atoms with Gasteiger partial charge >= 0.3 is 0 Å². The van der Waals surface area contributed by atoms with Crippen molar-refractivity contribution in [1.29, 1.82) is 0 Å². The first-order chi connectivity index (χ1) is 12.1. The van der Waals surface area contributed by atoms with Crippen molar-refractivity contribution < 1.29 is 14.3 Å². The number of anilines is 1. The Balaban J connectivity index is 1.61. The van der Waals surface area contributed by atoms with Crippen LogP contribution < -0.4 is 10.6 Å². The van der Waals surface area contributed by atoms with Gasteiger partial charge in [0.05, 0.1) is 23.3 Å². The lowest BCUT2D eigenvalue weighted by atomic mass is 9.97. The fraction of sp³-hybridized carbons (Fsp3) is 0.579. The summed E-state index contributed by atoms with van der Waals surface area (Å²) in [4.78, 5) is 27.2. The summed E-state index contributed by atoms with van der Waals surface area (Å²) in [5.74, 6) is -0.208. The Bertz CT molecular complexity index is 614. The van der Waals surface area contributed by atoms with Crippen LogP contribution in [0.1, 0.15) is 36.0 Å². The van der Waals surface area contributed by atoms with Crippen LogP contribution in [0, 0.1) is 5.92 Å². The number of carbonyl (C=O) groups excluding carboxylic acids is 2. The van der Waals surface area contributed by atoms with Crippen LogP contribution in [0.25, 0.3) is 0 Å². The van der Waals surface area contributed by atoms with E-state index in [1.807, 2.05) is 19.2 Å². The van der Waals surface area contributed by atoms with Crippen molar-refractivity contribution in [3.8, 4) is 0 Å². The predicted molar refractivity (Wildman–Crippen MR) is 96.6 cm³/mol. The van der Waals surface area contributed by atoms with E-state index in [1.165, 1.54) is 0 Å². The topological polar surface area (TPSA) is 70.7 Å². The first-order valence-electron chi connectivity index (χ1n) is 9.11. The summed E-state index contributed by atoms with van der Waals surface area (Å²) in [7, 11) is 2.03. The molecule has 0 aliphatic carbocycles. The molecule has 2 heterocycles. The number of hydrogen-bond acceptors (Lipinski definition) is 4. The highest BCUT2D eigenvalue weighted by Crippen LogP contribution is 2.20. The van der Waals surface area contributed by atoms with Crippen molar-refractivity contribution in [1.82, 2.24) is 10.2 Å². The van der Waals surface area contributed by atoms with Crippen LogP contribution in [-0.2, 0) is 9.53 Å². The highest BCUT2D eigenvalue weighted by Gasteiger charge is 2.25. The highest BCUT2D eigenvalue weighted by molar-refractivity contribution is 6.04. The number of rotatable bonds is 5. The third-order valence-corrected chi connectivity index (χ3v) is 4.94. The lowest BCUT2D eigenvalue weighted by Crippen LogP contribution is -2.39. The van der Waals surface area contributed by atoms with Crippen molar-refractivity contribution in [3.05, 3.63) is 29.8 Å². The van der Waals surface area contributed by atoms with E-state index >= 15 is 0 Å². The molecule has 0 bridgehead atoms. The molecule has 25 heavy (non-hydrogen) atoms. The van der Waals surface area contributed by atoms with E-state index in [1.54, 1.807) is 12.1 Å². The molecule has 0 spiro atoms. The number of para-hydroxylation sites is 1. The number of nitrogens with one attached hydrogen (secondary N) is 2. The van der Waals surface area contributed by atoms with Crippen LogP contribution in [0.5, 0.6) is 0 Å². The Labute approximate surface area is 148 Å². The van der Waals surface area contributed by atoms with Crippen LogP contribution in [0.4, 0.5) is 5.69 Å². The predicted octanol–water partition coefficient (Wildman–Crippen LogP) is 1.88. The zero-order chi connectivity index (χ0) is 17.6. The normalized spacial score (nSPS) is 24.0. The van der Waals surface area contributed by atoms with E-state index in [-0.39, 0.29) is 23.8 Å². The highest BCUT2D eigenvalue weighted by atomic mass is 16.5. The molecular weight excluding hydrogens is 318 g/mol. The molecule has 2 amide bonds. The van der Waals surface area contributed by atoms with Crippen LogP contribution in [-0.4, -0.2) is 56.1 Å². The van der Waals surface area contributed by atoms with E-state index in [2.05, 4.69) is 15.5 Å². The number of hydrogen-bond donors (Lipinski definition) is 2. The van der Waals surface area contributed by atoms with Crippen LogP contribution in [0.2, 0.25) is 0 Å². The number of amides is 2. The molecule has 6 nitrogen and oxygen atoms in total. The Kier molecular flexibility index (Phi) is 6.04. The molecule has 2 atom stereocenters. The van der Waals surface area contributed by atoms with Gasteiger partial charge in [-0.1, -0.05) is 12.1 Å². The summed E-state index contributed by atoms with van der Waals surface area (Å²) in [6, 6.07) is 7.17. The number of carbonyl (C=O) groups is 2. The summed E-state index contributed by atoms with van der Waals surface area (Å²) in [5.41, 5.74) is 1.07. The second kappa shape index (κ2) is 8.45. The molecule has 0 aromatic heterocycles. The van der Waals surface area contributed by atoms with E-state index < -0.39 is 0 Å². The van der Waals surface area contributed by atoms with E-state index in [0.717, 1.165) is 45.4 Å². The van der Waals surface area contributed by atoms with Gasteiger partial charge in [-0.3, -0.25) is 9.59 Å². The number of benzene rings is 1. The zero-order valence-corrected chi connectivity index (χ0v) is 14.8. The summed E-state index contributed by atoms with van der Waals surface area (Å²) in [5, 5.41) is 5.87. The lowest BCUT2D eigenvalue weighted by Gasteiger charge is -2.28. The van der Waals surface area contributed by atoms with Crippen molar-refractivity contribution in [2.75, 3.05) is 38.6 Å². The number of piperidine rings is 1. The monoisotopic (exact) mass is 345 g/mol. The van der Waals surface area contributed by atoms with Crippen LogP contribution >= 0.6 is 0 Å². The molecule has 1 aromatic carbocycles. The van der Waals surface area contributed by atoms with Crippen LogP contribution in [0.15, 0.2) is 24.3 Å². The fourth-order valence-electron chi connectivity index (χ4n) is 3.51. The Morgan fingerprint density at radius 1 is 1.24 bits per heavy atom. The molecule has 2 aliphatic rings. The summed E-state index contributed by atoms with van der Waals surface area (Å²) in [6.45, 7) is 3.07. The summed E-state index contributed by atoms with van der Waals surface area (Å²) < 4.78 is 5.53. The minimum absolute atomic E-state index is 0.00840. The van der Waals surface area contributed by atoms with Crippen molar-refractivity contribution in [3.63, 3.8) is 0 Å². The SMILES string of the molecule is CN1CCC[C@H](C(=O)Nc2ccccc2C(=O)NC[C@H]2CCCO2)C1. The number of nitrogens with zero attached hydrogens (tertiary/aromatic N) is 1. The second-order valence-electron chi connectivity index (χ2n) is 6.98. The van der Waals surface area contributed by atoms with Gasteiger partial charge in [-0.2, -0.15) is 0 Å². The maximum atomic E-state index is 12.6. The Morgan fingerprint density at radius 3 is 2.84 bits per heavy atom. The fourth-order valence-corrected chi connectivity index (χ4v) is 3.51. The number of likely N-dealkylation sites (tertiary alicyclic amines) is 1. The van der Waals surface area contributed by atoms with Gasteiger partial charge in [-0.25, -0.2) is 0 Å². The third kappa shape index (κ3) is 4.80. The smallest absolute Gasteiger partial charge is 0.253 e. The minimum Gasteiger partial charge on any atom is -0.376 e. The molecule has 136 valence electrons. The molecular formula is C19H27N3O3. The first kappa shape index (κ1) is 17.9. The van der Waals surface area contributed by atoms with Gasteiger partial charge in [0, 0.05) is 19.7 Å². The Morgan fingerprint density at radius 2 is 2.08 bits per heavy atom. The van der Waals surface area contributed by atoms with Crippen molar-refractivity contribution in [2.24, 2.45) is 5.92 Å². The molecule has 0 radical (unpaired) electrons. The largest absolute Gasteiger partial charge is 0.376 e. The van der Waals surface area contributed by atoms with Gasteiger partial charge in [0.1, 0.15) is 0 Å². The molecule has 0 saturated carbocycles. The average molecular weight is 345 g/mol. The maximum absolute atomic E-state index is 12.6. The van der Waals surface area contributed by atoms with Crippen molar-refractivity contribution >= 4 is 17.5 Å². The summed E-state index contributed by atoms with van der Waals surface area (Å²) in [6.07, 6.45) is 4.04. The standard InChI is InChI=1S/C19H27N3O3/c1-22-10-4-6-14(13-22)18(23)21-17-9-3-2-8-16(17)19(24)20-12-15-7-5-11-25-15/h2-3,8-9,14-15H,4-7,10-13H2,1H3,(H,20,24)(H,21,23)/t14-,15+/m0/s1. The van der Waals surface area contributed by atoms with E-state index in [0.29, 0.717) is 17.8 Å². The molecule has 2 aliphatic heterocycles. The minimum atomic E-state index is -0.174. The summed E-state index contributed by atoms with van der Waals surface area (Å²) >= 11 is 0.